The van der Waals surface area contributed by atoms with E-state index in [1.165, 1.54) is 11.3 Å². The summed E-state index contributed by atoms with van der Waals surface area (Å²) >= 11 is 5.81. The van der Waals surface area contributed by atoms with E-state index < -0.39 is 0 Å². The molecular formula is C19H26ClN5. The van der Waals surface area contributed by atoms with Gasteiger partial charge in [-0.15, -0.1) is 0 Å². The molecule has 134 valence electrons. The lowest BCUT2D eigenvalue weighted by atomic mass is 10.2. The molecule has 0 fully saturated rings. The van der Waals surface area contributed by atoms with E-state index in [1.807, 2.05) is 26.2 Å². The number of nitrogens with zero attached hydrogens (tertiary/aromatic N) is 3. The van der Waals surface area contributed by atoms with Gasteiger partial charge in [-0.25, -0.2) is 9.98 Å². The van der Waals surface area contributed by atoms with Crippen molar-refractivity contribution >= 4 is 23.2 Å². The predicted molar refractivity (Wildman–Crippen MR) is 107 cm³/mol. The number of aromatic nitrogens is 1. The first kappa shape index (κ1) is 19.1. The molecular weight excluding hydrogens is 334 g/mol. The van der Waals surface area contributed by atoms with Crippen LogP contribution in [-0.4, -0.2) is 38.1 Å². The third-order valence-electron chi connectivity index (χ3n) is 3.71. The molecule has 25 heavy (non-hydrogen) atoms. The van der Waals surface area contributed by atoms with Crippen LogP contribution in [0.25, 0.3) is 0 Å². The average Bonchev–Trinajstić information content (AvgIpc) is 2.61. The maximum atomic E-state index is 5.81. The van der Waals surface area contributed by atoms with E-state index in [9.17, 15) is 0 Å². The fraction of sp³-hybridized carbons (Fsp3) is 0.368. The zero-order valence-electron chi connectivity index (χ0n) is 15.1. The molecule has 0 aliphatic rings. The SMILES string of the molecule is CCNC(=NCc1ccc(N(C)C)cc1)NCCc1ccc(Cl)nc1. The normalized spacial score (nSPS) is 11.3. The van der Waals surface area contributed by atoms with Crippen molar-refractivity contribution in [1.82, 2.24) is 15.6 Å². The van der Waals surface area contributed by atoms with Gasteiger partial charge in [0.1, 0.15) is 5.15 Å². The first-order valence-electron chi connectivity index (χ1n) is 8.47. The van der Waals surface area contributed by atoms with Crippen LogP contribution in [0.4, 0.5) is 5.69 Å². The molecule has 2 aromatic rings. The summed E-state index contributed by atoms with van der Waals surface area (Å²) in [5.41, 5.74) is 3.52. The van der Waals surface area contributed by atoms with Gasteiger partial charge in [-0.1, -0.05) is 29.8 Å². The number of hydrogen-bond acceptors (Lipinski definition) is 3. The Morgan fingerprint density at radius 2 is 1.80 bits per heavy atom. The quantitative estimate of drug-likeness (QED) is 0.453. The van der Waals surface area contributed by atoms with Crippen molar-refractivity contribution in [3.05, 3.63) is 58.9 Å². The largest absolute Gasteiger partial charge is 0.378 e. The molecule has 0 saturated carbocycles. The minimum absolute atomic E-state index is 0.520. The Balaban J connectivity index is 1.87. The zero-order valence-corrected chi connectivity index (χ0v) is 15.8. The third-order valence-corrected chi connectivity index (χ3v) is 3.94. The maximum Gasteiger partial charge on any atom is 0.191 e. The highest BCUT2D eigenvalue weighted by Crippen LogP contribution is 2.12. The van der Waals surface area contributed by atoms with Crippen LogP contribution in [0.1, 0.15) is 18.1 Å². The van der Waals surface area contributed by atoms with Gasteiger partial charge in [0.05, 0.1) is 6.54 Å². The van der Waals surface area contributed by atoms with Crippen LogP contribution in [0, 0.1) is 0 Å². The molecule has 0 spiro atoms. The summed E-state index contributed by atoms with van der Waals surface area (Å²) in [5.74, 6) is 0.820. The Bertz CT molecular complexity index is 665. The summed E-state index contributed by atoms with van der Waals surface area (Å²) < 4.78 is 0. The molecule has 5 nitrogen and oxygen atoms in total. The summed E-state index contributed by atoms with van der Waals surface area (Å²) in [6.07, 6.45) is 2.67. The Morgan fingerprint density at radius 3 is 2.40 bits per heavy atom. The second kappa shape index (κ2) is 9.89. The van der Waals surface area contributed by atoms with Crippen LogP contribution >= 0.6 is 11.6 Å². The third kappa shape index (κ3) is 6.63. The molecule has 0 aliphatic carbocycles. The van der Waals surface area contributed by atoms with E-state index in [0.717, 1.165) is 31.0 Å². The summed E-state index contributed by atoms with van der Waals surface area (Å²) in [5, 5.41) is 7.15. The van der Waals surface area contributed by atoms with Crippen LogP contribution in [-0.2, 0) is 13.0 Å². The van der Waals surface area contributed by atoms with Crippen molar-refractivity contribution < 1.29 is 0 Å². The lowest BCUT2D eigenvalue weighted by Gasteiger charge is -2.13. The minimum Gasteiger partial charge on any atom is -0.378 e. The van der Waals surface area contributed by atoms with Gasteiger partial charge in [0.15, 0.2) is 5.96 Å². The molecule has 2 rings (SSSR count). The molecule has 1 aromatic carbocycles. The van der Waals surface area contributed by atoms with Gasteiger partial charge in [-0.05, 0) is 42.7 Å². The summed E-state index contributed by atoms with van der Waals surface area (Å²) in [6.45, 7) is 4.32. The van der Waals surface area contributed by atoms with E-state index in [1.54, 1.807) is 6.20 Å². The topological polar surface area (TPSA) is 52.6 Å². The summed E-state index contributed by atoms with van der Waals surface area (Å²) in [6, 6.07) is 12.3. The zero-order chi connectivity index (χ0) is 18.1. The van der Waals surface area contributed by atoms with Gasteiger partial charge < -0.3 is 15.5 Å². The van der Waals surface area contributed by atoms with Gasteiger partial charge in [0, 0.05) is 39.1 Å². The Hall–Kier alpha value is -2.27. The van der Waals surface area contributed by atoms with E-state index >= 15 is 0 Å². The van der Waals surface area contributed by atoms with Crippen molar-refractivity contribution in [2.24, 2.45) is 4.99 Å². The van der Waals surface area contributed by atoms with Crippen LogP contribution in [0.5, 0.6) is 0 Å². The first-order valence-corrected chi connectivity index (χ1v) is 8.85. The summed E-state index contributed by atoms with van der Waals surface area (Å²) in [4.78, 5) is 10.8. The van der Waals surface area contributed by atoms with Gasteiger partial charge >= 0.3 is 0 Å². The molecule has 0 radical (unpaired) electrons. The highest BCUT2D eigenvalue weighted by molar-refractivity contribution is 6.29. The molecule has 0 saturated heterocycles. The molecule has 0 bridgehead atoms. The molecule has 1 heterocycles. The first-order chi connectivity index (χ1) is 12.1. The number of rotatable bonds is 7. The molecule has 1 aromatic heterocycles. The number of benzene rings is 1. The smallest absolute Gasteiger partial charge is 0.191 e. The number of anilines is 1. The second-order valence-electron chi connectivity index (χ2n) is 5.92. The van der Waals surface area contributed by atoms with E-state index in [0.29, 0.717) is 11.7 Å². The second-order valence-corrected chi connectivity index (χ2v) is 6.31. The van der Waals surface area contributed by atoms with Crippen molar-refractivity contribution in [2.45, 2.75) is 19.9 Å². The van der Waals surface area contributed by atoms with E-state index in [-0.39, 0.29) is 0 Å². The molecule has 0 amide bonds. The van der Waals surface area contributed by atoms with Crippen molar-refractivity contribution in [3.63, 3.8) is 0 Å². The molecule has 0 atom stereocenters. The van der Waals surface area contributed by atoms with Gasteiger partial charge in [-0.3, -0.25) is 0 Å². The number of guanidine groups is 1. The maximum absolute atomic E-state index is 5.81. The van der Waals surface area contributed by atoms with Crippen LogP contribution in [0.3, 0.4) is 0 Å². The van der Waals surface area contributed by atoms with Gasteiger partial charge in [0.25, 0.3) is 0 Å². The highest BCUT2D eigenvalue weighted by Gasteiger charge is 2.00. The Morgan fingerprint density at radius 1 is 1.08 bits per heavy atom. The highest BCUT2D eigenvalue weighted by atomic mass is 35.5. The van der Waals surface area contributed by atoms with E-state index in [2.05, 4.69) is 56.7 Å². The number of pyridine rings is 1. The number of hydrogen-bond donors (Lipinski definition) is 2. The van der Waals surface area contributed by atoms with Crippen LogP contribution in [0.15, 0.2) is 47.6 Å². The molecule has 0 aliphatic heterocycles. The fourth-order valence-electron chi connectivity index (χ4n) is 2.29. The molecule has 2 N–H and O–H groups in total. The van der Waals surface area contributed by atoms with Crippen molar-refractivity contribution in [2.75, 3.05) is 32.1 Å². The van der Waals surface area contributed by atoms with Crippen molar-refractivity contribution in [1.29, 1.82) is 0 Å². The average molecular weight is 360 g/mol. The summed E-state index contributed by atoms with van der Waals surface area (Å²) in [7, 11) is 4.08. The number of halogens is 1. The predicted octanol–water partition coefficient (Wildman–Crippen LogP) is 3.10. The molecule has 0 unspecified atom stereocenters. The van der Waals surface area contributed by atoms with E-state index in [4.69, 9.17) is 11.6 Å². The fourth-order valence-corrected chi connectivity index (χ4v) is 2.40. The molecule has 6 heteroatoms. The lowest BCUT2D eigenvalue weighted by Crippen LogP contribution is -2.38. The standard InChI is InChI=1S/C19H26ClN5/c1-4-21-19(22-12-11-16-7-10-18(20)23-13-16)24-14-15-5-8-17(9-6-15)25(2)3/h5-10,13H,4,11-12,14H2,1-3H3,(H2,21,22,24). The lowest BCUT2D eigenvalue weighted by molar-refractivity contribution is 0.798. The monoisotopic (exact) mass is 359 g/mol. The van der Waals surface area contributed by atoms with Crippen LogP contribution < -0.4 is 15.5 Å². The number of aliphatic imine (C=N–C) groups is 1. The van der Waals surface area contributed by atoms with Crippen LogP contribution in [0.2, 0.25) is 5.15 Å². The minimum atomic E-state index is 0.520. The van der Waals surface area contributed by atoms with Gasteiger partial charge in [0.2, 0.25) is 0 Å². The Labute approximate surface area is 155 Å². The van der Waals surface area contributed by atoms with Crippen molar-refractivity contribution in [3.8, 4) is 0 Å². The van der Waals surface area contributed by atoms with Gasteiger partial charge in [-0.2, -0.15) is 0 Å². The Kier molecular flexibility index (Phi) is 7.54. The number of nitrogens with one attached hydrogen (secondary N) is 2.